The molecule has 0 saturated heterocycles. The molecule has 1 aromatic carbocycles. The number of nitrogens with one attached hydrogen (secondary N) is 2. The number of carbonyl (C=O) groups is 3. The first-order chi connectivity index (χ1) is 10.5. The molecule has 0 aliphatic carbocycles. The molecule has 6 heteroatoms. The highest BCUT2D eigenvalue weighted by Gasteiger charge is 2.05. The van der Waals surface area contributed by atoms with Gasteiger partial charge in [-0.05, 0) is 31.2 Å². The fourth-order valence-corrected chi connectivity index (χ4v) is 1.47. The SMILES string of the molecule is C/C=C/C=C/C(=O)OCC(=O)Nc1ccc(NC(C)=O)cc1. The van der Waals surface area contributed by atoms with Crippen molar-refractivity contribution < 1.29 is 19.1 Å². The summed E-state index contributed by atoms with van der Waals surface area (Å²) in [6.45, 7) is 2.86. The molecule has 0 saturated carbocycles. The second kappa shape index (κ2) is 9.12. The summed E-state index contributed by atoms with van der Waals surface area (Å²) in [6.07, 6.45) is 6.20. The molecule has 6 nitrogen and oxygen atoms in total. The van der Waals surface area contributed by atoms with Gasteiger partial charge in [0.15, 0.2) is 6.61 Å². The van der Waals surface area contributed by atoms with Crippen molar-refractivity contribution in [1.29, 1.82) is 0 Å². The average molecular weight is 302 g/mol. The summed E-state index contributed by atoms with van der Waals surface area (Å²) in [7, 11) is 0. The highest BCUT2D eigenvalue weighted by Crippen LogP contribution is 2.13. The van der Waals surface area contributed by atoms with Gasteiger partial charge in [0.2, 0.25) is 5.91 Å². The Balaban J connectivity index is 2.41. The molecule has 22 heavy (non-hydrogen) atoms. The number of rotatable bonds is 6. The second-order valence-corrected chi connectivity index (χ2v) is 4.30. The second-order valence-electron chi connectivity index (χ2n) is 4.30. The first kappa shape index (κ1) is 17.2. The van der Waals surface area contributed by atoms with E-state index in [4.69, 9.17) is 4.74 Å². The lowest BCUT2D eigenvalue weighted by molar-refractivity contribution is -0.142. The molecule has 0 heterocycles. The summed E-state index contributed by atoms with van der Waals surface area (Å²) >= 11 is 0. The van der Waals surface area contributed by atoms with Gasteiger partial charge in [-0.1, -0.05) is 18.2 Å². The van der Waals surface area contributed by atoms with E-state index in [0.29, 0.717) is 11.4 Å². The summed E-state index contributed by atoms with van der Waals surface area (Å²) in [4.78, 5) is 33.8. The van der Waals surface area contributed by atoms with Crippen molar-refractivity contribution in [3.8, 4) is 0 Å². The Morgan fingerprint density at radius 1 is 1.05 bits per heavy atom. The number of carbonyl (C=O) groups excluding carboxylic acids is 3. The number of esters is 1. The summed E-state index contributed by atoms with van der Waals surface area (Å²) in [5.74, 6) is -1.20. The lowest BCUT2D eigenvalue weighted by Gasteiger charge is -2.07. The van der Waals surface area contributed by atoms with Gasteiger partial charge in [-0.2, -0.15) is 0 Å². The Labute approximate surface area is 128 Å². The molecule has 0 aromatic heterocycles. The van der Waals surface area contributed by atoms with Crippen LogP contribution in [0.5, 0.6) is 0 Å². The van der Waals surface area contributed by atoms with Crippen molar-refractivity contribution in [2.24, 2.45) is 0 Å². The van der Waals surface area contributed by atoms with E-state index in [-0.39, 0.29) is 12.5 Å². The fraction of sp³-hybridized carbons (Fsp3) is 0.188. The summed E-state index contributed by atoms with van der Waals surface area (Å²) in [5.41, 5.74) is 1.17. The van der Waals surface area contributed by atoms with Gasteiger partial charge in [-0.25, -0.2) is 4.79 Å². The van der Waals surface area contributed by atoms with Crippen molar-refractivity contribution in [2.45, 2.75) is 13.8 Å². The normalized spacial score (nSPS) is 10.6. The van der Waals surface area contributed by atoms with Crippen LogP contribution in [-0.2, 0) is 19.1 Å². The zero-order valence-electron chi connectivity index (χ0n) is 12.5. The van der Waals surface area contributed by atoms with Crippen LogP contribution in [-0.4, -0.2) is 24.4 Å². The number of benzene rings is 1. The molecule has 0 aliphatic heterocycles. The molecular formula is C16H18N2O4. The van der Waals surface area contributed by atoms with Crippen LogP contribution in [0.3, 0.4) is 0 Å². The zero-order chi connectivity index (χ0) is 16.4. The van der Waals surface area contributed by atoms with Gasteiger partial charge in [0.25, 0.3) is 5.91 Å². The minimum absolute atomic E-state index is 0.172. The molecule has 2 amide bonds. The quantitative estimate of drug-likeness (QED) is 0.479. The van der Waals surface area contributed by atoms with Crippen LogP contribution in [0.2, 0.25) is 0 Å². The molecule has 1 rings (SSSR count). The smallest absolute Gasteiger partial charge is 0.331 e. The molecule has 0 atom stereocenters. The van der Waals surface area contributed by atoms with Crippen LogP contribution < -0.4 is 10.6 Å². The standard InChI is InChI=1S/C16H18N2O4/c1-3-4-5-6-16(21)22-11-15(20)18-14-9-7-13(8-10-14)17-12(2)19/h3-10H,11H2,1-2H3,(H,17,19)(H,18,20)/b4-3+,6-5+. The van der Waals surface area contributed by atoms with Crippen molar-refractivity contribution in [1.82, 2.24) is 0 Å². The third kappa shape index (κ3) is 7.04. The summed E-state index contributed by atoms with van der Waals surface area (Å²) in [6, 6.07) is 6.58. The maximum absolute atomic E-state index is 11.6. The molecule has 2 N–H and O–H groups in total. The number of allylic oxidation sites excluding steroid dienone is 3. The largest absolute Gasteiger partial charge is 0.452 e. The lowest BCUT2D eigenvalue weighted by Crippen LogP contribution is -2.20. The van der Waals surface area contributed by atoms with Crippen molar-refractivity contribution >= 4 is 29.2 Å². The van der Waals surface area contributed by atoms with E-state index in [1.54, 1.807) is 36.4 Å². The van der Waals surface area contributed by atoms with Gasteiger partial charge in [-0.15, -0.1) is 0 Å². The predicted octanol–water partition coefficient (Wildman–Crippen LogP) is 2.26. The molecule has 0 aliphatic rings. The van der Waals surface area contributed by atoms with E-state index in [9.17, 15) is 14.4 Å². The van der Waals surface area contributed by atoms with Crippen LogP contribution in [0.1, 0.15) is 13.8 Å². The topological polar surface area (TPSA) is 84.5 Å². The minimum Gasteiger partial charge on any atom is -0.452 e. The molecule has 0 unspecified atom stereocenters. The van der Waals surface area contributed by atoms with E-state index in [1.807, 2.05) is 6.92 Å². The maximum Gasteiger partial charge on any atom is 0.331 e. The third-order valence-corrected chi connectivity index (χ3v) is 2.37. The van der Waals surface area contributed by atoms with Crippen molar-refractivity contribution in [2.75, 3.05) is 17.2 Å². The molecular weight excluding hydrogens is 284 g/mol. The van der Waals surface area contributed by atoms with Crippen LogP contribution >= 0.6 is 0 Å². The van der Waals surface area contributed by atoms with Crippen LogP contribution in [0, 0.1) is 0 Å². The molecule has 1 aromatic rings. The Morgan fingerprint density at radius 2 is 1.64 bits per heavy atom. The molecule has 116 valence electrons. The maximum atomic E-state index is 11.6. The van der Waals surface area contributed by atoms with E-state index in [1.165, 1.54) is 19.1 Å². The minimum atomic E-state index is -0.589. The molecule has 0 radical (unpaired) electrons. The number of anilines is 2. The summed E-state index contributed by atoms with van der Waals surface area (Å²) in [5, 5.41) is 5.19. The molecule has 0 spiro atoms. The molecule has 0 bridgehead atoms. The highest BCUT2D eigenvalue weighted by atomic mass is 16.5. The first-order valence-corrected chi connectivity index (χ1v) is 6.65. The monoisotopic (exact) mass is 302 g/mol. The number of hydrogen-bond acceptors (Lipinski definition) is 4. The van der Waals surface area contributed by atoms with Crippen LogP contribution in [0.25, 0.3) is 0 Å². The van der Waals surface area contributed by atoms with Gasteiger partial charge in [0, 0.05) is 24.4 Å². The van der Waals surface area contributed by atoms with E-state index in [0.717, 1.165) is 0 Å². The van der Waals surface area contributed by atoms with E-state index in [2.05, 4.69) is 10.6 Å². The fourth-order valence-electron chi connectivity index (χ4n) is 1.47. The van der Waals surface area contributed by atoms with Crippen molar-refractivity contribution in [3.05, 3.63) is 48.6 Å². The Kier molecular flexibility index (Phi) is 7.12. The van der Waals surface area contributed by atoms with Gasteiger partial charge < -0.3 is 15.4 Å². The van der Waals surface area contributed by atoms with Gasteiger partial charge >= 0.3 is 5.97 Å². The Morgan fingerprint density at radius 3 is 2.18 bits per heavy atom. The lowest BCUT2D eigenvalue weighted by atomic mass is 10.2. The summed E-state index contributed by atoms with van der Waals surface area (Å²) < 4.78 is 4.77. The highest BCUT2D eigenvalue weighted by molar-refractivity contribution is 5.94. The zero-order valence-corrected chi connectivity index (χ0v) is 12.5. The molecule has 0 fully saturated rings. The third-order valence-electron chi connectivity index (χ3n) is 2.37. The van der Waals surface area contributed by atoms with E-state index < -0.39 is 11.9 Å². The van der Waals surface area contributed by atoms with Crippen molar-refractivity contribution in [3.63, 3.8) is 0 Å². The Bertz CT molecular complexity index is 589. The van der Waals surface area contributed by atoms with Gasteiger partial charge in [0.05, 0.1) is 0 Å². The van der Waals surface area contributed by atoms with Crippen LogP contribution in [0.4, 0.5) is 11.4 Å². The number of hydrogen-bond donors (Lipinski definition) is 2. The first-order valence-electron chi connectivity index (χ1n) is 6.65. The average Bonchev–Trinajstić information content (AvgIpc) is 2.47. The van der Waals surface area contributed by atoms with E-state index >= 15 is 0 Å². The van der Waals surface area contributed by atoms with Gasteiger partial charge in [-0.3, -0.25) is 9.59 Å². The van der Waals surface area contributed by atoms with Gasteiger partial charge in [0.1, 0.15) is 0 Å². The number of amides is 2. The Hall–Kier alpha value is -2.89. The predicted molar refractivity (Wildman–Crippen MR) is 84.3 cm³/mol. The van der Waals surface area contributed by atoms with Crippen LogP contribution in [0.15, 0.2) is 48.6 Å². The number of ether oxygens (including phenoxy) is 1.